The van der Waals surface area contributed by atoms with Crippen molar-refractivity contribution in [1.82, 2.24) is 5.09 Å². The molecule has 0 saturated carbocycles. The lowest BCUT2D eigenvalue weighted by Gasteiger charge is -2.33. The molecule has 0 aliphatic rings. The molecule has 0 aliphatic heterocycles. The molecule has 0 aliphatic carbocycles. The van der Waals surface area contributed by atoms with Crippen molar-refractivity contribution in [3.63, 3.8) is 0 Å². The number of nitrogens with zero attached hydrogens (tertiary/aromatic N) is 1. The molecule has 0 radical (unpaired) electrons. The first-order valence-electron chi connectivity index (χ1n) is 8.84. The van der Waals surface area contributed by atoms with E-state index in [0.717, 1.165) is 10.6 Å². The van der Waals surface area contributed by atoms with Gasteiger partial charge in [0.1, 0.15) is 0 Å². The van der Waals surface area contributed by atoms with Crippen molar-refractivity contribution >= 4 is 37.2 Å². The van der Waals surface area contributed by atoms with Crippen LogP contribution >= 0.6 is 7.21 Å². The lowest BCUT2D eigenvalue weighted by atomic mass is 10.4. The number of carbonyl (C=O) groups is 1. The van der Waals surface area contributed by atoms with Crippen molar-refractivity contribution < 1.29 is 9.53 Å². The second-order valence-corrected chi connectivity index (χ2v) is 15.4. The average molecular weight is 389 g/mol. The molecule has 1 atom stereocenters. The van der Waals surface area contributed by atoms with E-state index >= 15 is 0 Å². The molecule has 2 rings (SSSR count). The maximum absolute atomic E-state index is 12.3. The van der Waals surface area contributed by atoms with E-state index in [2.05, 4.69) is 73.7 Å². The van der Waals surface area contributed by atoms with Crippen LogP contribution in [0.4, 0.5) is 4.79 Å². The summed E-state index contributed by atoms with van der Waals surface area (Å²) in [5, 5.41) is 7.15. The number of hydrogen-bond acceptors (Lipinski definition) is 2. The fraction of sp³-hybridized carbons (Fsp3) is 0.350. The summed E-state index contributed by atoms with van der Waals surface area (Å²) in [5.41, 5.74) is 0. The Morgan fingerprint density at radius 1 is 1.04 bits per heavy atom. The maximum atomic E-state index is 12.3. The number of hydrogen-bond donors (Lipinski definition) is 1. The summed E-state index contributed by atoms with van der Waals surface area (Å²) in [4.78, 5) is 12.3. The molecule has 6 heteroatoms. The molecule has 0 heterocycles. The number of benzene rings is 2. The van der Waals surface area contributed by atoms with Crippen molar-refractivity contribution in [3.8, 4) is 0 Å². The van der Waals surface area contributed by atoms with Crippen LogP contribution in [0.3, 0.4) is 0 Å². The lowest BCUT2D eigenvalue weighted by molar-refractivity contribution is 0.183. The molecule has 4 nitrogen and oxygen atoms in total. The molecule has 0 aromatic heterocycles. The molecule has 2 aromatic carbocycles. The Morgan fingerprint density at radius 3 is 2.15 bits per heavy atom. The fourth-order valence-corrected chi connectivity index (χ4v) is 9.18. The van der Waals surface area contributed by atoms with Crippen LogP contribution in [-0.4, -0.2) is 27.3 Å². The average Bonchev–Trinajstić information content (AvgIpc) is 2.60. The van der Waals surface area contributed by atoms with Gasteiger partial charge in [0, 0.05) is 16.7 Å². The predicted molar refractivity (Wildman–Crippen MR) is 115 cm³/mol. The number of methoxy groups -OCH3 is 1. The van der Waals surface area contributed by atoms with Gasteiger partial charge in [0.15, 0.2) is 0 Å². The van der Waals surface area contributed by atoms with Gasteiger partial charge in [-0.2, -0.15) is 4.74 Å². The van der Waals surface area contributed by atoms with Crippen molar-refractivity contribution in [2.75, 3.05) is 7.11 Å². The molecule has 2 aromatic rings. The summed E-state index contributed by atoms with van der Waals surface area (Å²) < 4.78 is 9.59. The van der Waals surface area contributed by atoms with Gasteiger partial charge in [-0.1, -0.05) is 74.2 Å². The van der Waals surface area contributed by atoms with E-state index in [1.54, 1.807) is 0 Å². The van der Waals surface area contributed by atoms with Crippen molar-refractivity contribution in [1.29, 1.82) is 0 Å². The number of rotatable bonds is 5. The van der Waals surface area contributed by atoms with E-state index in [0.29, 0.717) is 0 Å². The van der Waals surface area contributed by atoms with Gasteiger partial charge in [-0.3, -0.25) is 5.09 Å². The molecule has 0 bridgehead atoms. The largest absolute Gasteiger partial charge is 0.451 e. The Hall–Kier alpha value is -1.68. The van der Waals surface area contributed by atoms with E-state index in [4.69, 9.17) is 4.74 Å². The van der Waals surface area contributed by atoms with Crippen LogP contribution in [0.2, 0.25) is 19.6 Å². The second-order valence-electron chi connectivity index (χ2n) is 7.59. The van der Waals surface area contributed by atoms with Gasteiger partial charge in [0.25, 0.3) is 0 Å². The monoisotopic (exact) mass is 388 g/mol. The quantitative estimate of drug-likeness (QED) is 0.621. The minimum Gasteiger partial charge on any atom is -0.451 e. The Morgan fingerprint density at radius 2 is 1.62 bits per heavy atom. The molecule has 0 spiro atoms. The summed E-state index contributed by atoms with van der Waals surface area (Å²) >= 11 is 0. The highest BCUT2D eigenvalue weighted by Crippen LogP contribution is 2.43. The first kappa shape index (κ1) is 20.6. The Bertz CT molecular complexity index is 814. The summed E-state index contributed by atoms with van der Waals surface area (Å²) in [6, 6.07) is 18.7. The summed E-state index contributed by atoms with van der Waals surface area (Å²) in [6.45, 7) is 11.1. The molecular formula is C20H29N2O2PSi. The van der Waals surface area contributed by atoms with Crippen LogP contribution in [0.1, 0.15) is 13.8 Å². The fourth-order valence-electron chi connectivity index (χ4n) is 2.99. The third-order valence-electron chi connectivity index (χ3n) is 4.04. The number of amides is 1. The third-order valence-corrected chi connectivity index (χ3v) is 9.79. The first-order chi connectivity index (χ1) is 12.2. The van der Waals surface area contributed by atoms with Crippen LogP contribution in [-0.2, 0) is 4.74 Å². The highest BCUT2D eigenvalue weighted by molar-refractivity contribution is 7.80. The standard InChI is InChI=1S/C20H29N2O2PSi/c1-16(2)21-25(22-20(23)24-3,17-12-8-7-9-13-17)18-14-10-11-15-19(18)26(4,5)6/h7-16,21H,1-6H3. The van der Waals surface area contributed by atoms with Gasteiger partial charge < -0.3 is 4.74 Å². The normalized spacial score (nSPS) is 14.0. The van der Waals surface area contributed by atoms with Crippen molar-refractivity contribution in [3.05, 3.63) is 54.6 Å². The topological polar surface area (TPSA) is 50.7 Å². The van der Waals surface area contributed by atoms with Gasteiger partial charge in [-0.15, -0.1) is 0 Å². The second kappa shape index (κ2) is 8.34. The van der Waals surface area contributed by atoms with Gasteiger partial charge in [-0.05, 0) is 19.0 Å². The summed E-state index contributed by atoms with van der Waals surface area (Å²) in [5.74, 6) is 0. The SMILES string of the molecule is COC(=O)N=P(NC(C)C)(c1ccccc1)c1ccccc1[Si](C)(C)C. The van der Waals surface area contributed by atoms with Gasteiger partial charge in [0.05, 0.1) is 22.4 Å². The van der Waals surface area contributed by atoms with Crippen LogP contribution in [0.5, 0.6) is 0 Å². The van der Waals surface area contributed by atoms with Crippen molar-refractivity contribution in [2.45, 2.75) is 39.5 Å². The summed E-state index contributed by atoms with van der Waals surface area (Å²) in [7, 11) is -2.81. The Balaban J connectivity index is 2.93. The van der Waals surface area contributed by atoms with E-state index in [9.17, 15) is 4.79 Å². The summed E-state index contributed by atoms with van der Waals surface area (Å²) in [6.07, 6.45) is -0.541. The highest BCUT2D eigenvalue weighted by atomic mass is 31.2. The third kappa shape index (κ3) is 4.53. The Kier molecular flexibility index (Phi) is 6.62. The van der Waals surface area contributed by atoms with Gasteiger partial charge in [-0.25, -0.2) is 4.79 Å². The molecular weight excluding hydrogens is 359 g/mol. The van der Waals surface area contributed by atoms with E-state index < -0.39 is 21.4 Å². The Labute approximate surface area is 158 Å². The minimum absolute atomic E-state index is 0.159. The van der Waals surface area contributed by atoms with E-state index in [-0.39, 0.29) is 6.04 Å². The minimum atomic E-state index is -2.53. The molecule has 1 amide bonds. The number of carbonyl (C=O) groups excluding carboxylic acids is 1. The van der Waals surface area contributed by atoms with E-state index in [1.807, 2.05) is 24.3 Å². The van der Waals surface area contributed by atoms with Crippen LogP contribution in [0.25, 0.3) is 0 Å². The number of ether oxygens (including phenoxy) is 1. The molecule has 0 saturated heterocycles. The van der Waals surface area contributed by atoms with Gasteiger partial charge in [0.2, 0.25) is 0 Å². The highest BCUT2D eigenvalue weighted by Gasteiger charge is 2.33. The molecule has 26 heavy (non-hydrogen) atoms. The van der Waals surface area contributed by atoms with Crippen LogP contribution in [0.15, 0.2) is 59.3 Å². The molecule has 1 unspecified atom stereocenters. The first-order valence-corrected chi connectivity index (χ1v) is 14.1. The van der Waals surface area contributed by atoms with Crippen LogP contribution < -0.4 is 20.9 Å². The van der Waals surface area contributed by atoms with Gasteiger partial charge >= 0.3 is 6.09 Å². The molecule has 1 N–H and O–H groups in total. The molecule has 140 valence electrons. The smallest absolute Gasteiger partial charge is 0.433 e. The maximum Gasteiger partial charge on any atom is 0.433 e. The molecule has 0 fully saturated rings. The zero-order chi connectivity index (χ0) is 19.4. The number of nitrogens with one attached hydrogen (secondary N) is 1. The lowest BCUT2D eigenvalue weighted by Crippen LogP contribution is -2.49. The van der Waals surface area contributed by atoms with Crippen LogP contribution in [0, 0.1) is 0 Å². The predicted octanol–water partition coefficient (Wildman–Crippen LogP) is 4.06. The van der Waals surface area contributed by atoms with E-state index in [1.165, 1.54) is 12.3 Å². The zero-order valence-corrected chi connectivity index (χ0v) is 18.4. The van der Waals surface area contributed by atoms with Crippen molar-refractivity contribution in [2.24, 2.45) is 4.74 Å². The zero-order valence-electron chi connectivity index (χ0n) is 16.5.